The van der Waals surface area contributed by atoms with Crippen LogP contribution in [0.15, 0.2) is 49.1 Å². The first-order chi connectivity index (χ1) is 38.4. The molecule has 0 bridgehead atoms. The number of fused-ring (bicyclic) bond motifs is 2. The fraction of sp³-hybridized carbons (Fsp3) is 0.544. The third-order valence-electron chi connectivity index (χ3n) is 13.6. The standard InChI is InChI=1S/C26H30F4N5O3P.C25H26F5N5O3.2C3H8/c1-12-11-35(23(37)21(25(3,4)5)34-24(38)26(28,29)30)19(13(12)2)22(36)33-18(8-31)15-9-32-10-16-14(15)6-7-17(27)20(16)39;1-12-5-6-35(22(37)20(24(2,3)4)34-23(38)25(28,29)30)19(12)21(36)33-18(9-31)15-11-32-10-13-7-16(26)17(27)8-14(13)15;2*1-3-2/h6-7,9-10,12-13,18-19,21H,11,39H2,1-5H3,(H,33,36)(H,34,38);7-8,10-12,18-20H,5-6H2,1-4H3,(H,33,36)(H,34,38);2*3H2,1-2H3/t12?,13?,18?,19?,21-;12?,18?,19?,20-;;/m11../s1. The van der Waals surface area contributed by atoms with Gasteiger partial charge in [-0.2, -0.15) is 36.9 Å². The summed E-state index contributed by atoms with van der Waals surface area (Å²) in [6.45, 7) is 22.7. The molecule has 10 atom stereocenters. The lowest BCUT2D eigenvalue weighted by atomic mass is 9.85. The monoisotopic (exact) mass is 1190 g/mol. The second-order valence-electron chi connectivity index (χ2n) is 22.6. The predicted molar refractivity (Wildman–Crippen MR) is 296 cm³/mol. The van der Waals surface area contributed by atoms with Gasteiger partial charge in [0.1, 0.15) is 42.1 Å². The first-order valence-electron chi connectivity index (χ1n) is 26.7. The molecule has 0 spiro atoms. The number of hydrogen-bond acceptors (Lipinski definition) is 10. The lowest BCUT2D eigenvalue weighted by Crippen LogP contribution is -2.60. The van der Waals surface area contributed by atoms with E-state index in [2.05, 4.69) is 57.5 Å². The lowest BCUT2D eigenvalue weighted by Gasteiger charge is -2.36. The second kappa shape index (κ2) is 28.9. The highest BCUT2D eigenvalue weighted by Gasteiger charge is 2.51. The molecule has 26 heteroatoms. The van der Waals surface area contributed by atoms with Crippen LogP contribution in [0.3, 0.4) is 0 Å². The topological polar surface area (TPSA) is 230 Å². The van der Waals surface area contributed by atoms with Gasteiger partial charge in [-0.25, -0.2) is 13.2 Å². The molecule has 2 fully saturated rings. The van der Waals surface area contributed by atoms with E-state index in [0.29, 0.717) is 22.8 Å². The molecule has 8 unspecified atom stereocenters. The quantitative estimate of drug-likeness (QED) is 0.0868. The van der Waals surface area contributed by atoms with Gasteiger partial charge in [0.15, 0.2) is 11.6 Å². The average molecular weight is 1200 g/mol. The maximum absolute atomic E-state index is 14.1. The number of rotatable bonds is 10. The minimum atomic E-state index is -5.21. The Morgan fingerprint density at radius 1 is 0.614 bits per heavy atom. The summed E-state index contributed by atoms with van der Waals surface area (Å²) in [5.41, 5.74) is -1.84. The largest absolute Gasteiger partial charge is 0.471 e. The molecule has 2 aliphatic rings. The van der Waals surface area contributed by atoms with Gasteiger partial charge in [-0.15, -0.1) is 9.24 Å². The molecule has 16 nitrogen and oxygen atoms in total. The van der Waals surface area contributed by atoms with Crippen molar-refractivity contribution in [3.63, 3.8) is 0 Å². The van der Waals surface area contributed by atoms with Gasteiger partial charge in [0.25, 0.3) is 0 Å². The maximum atomic E-state index is 14.1. The number of hydrogen-bond donors (Lipinski definition) is 4. The number of aromatic nitrogens is 2. The number of nitrogens with one attached hydrogen (secondary N) is 4. The Hall–Kier alpha value is -7.14. The summed E-state index contributed by atoms with van der Waals surface area (Å²) in [5, 5.41) is 29.8. The number of halogens is 9. The molecule has 0 radical (unpaired) electrons. The van der Waals surface area contributed by atoms with E-state index in [-0.39, 0.29) is 40.6 Å². The zero-order valence-corrected chi connectivity index (χ0v) is 49.6. The Morgan fingerprint density at radius 2 is 1.05 bits per heavy atom. The van der Waals surface area contributed by atoms with E-state index in [1.807, 2.05) is 12.1 Å². The Balaban J connectivity index is 0.000000398. The van der Waals surface area contributed by atoms with Crippen molar-refractivity contribution in [1.82, 2.24) is 41.0 Å². The van der Waals surface area contributed by atoms with Gasteiger partial charge in [0.05, 0.1) is 12.1 Å². The van der Waals surface area contributed by atoms with Crippen molar-refractivity contribution in [2.24, 2.45) is 28.6 Å². The highest BCUT2D eigenvalue weighted by molar-refractivity contribution is 7.28. The van der Waals surface area contributed by atoms with E-state index in [1.54, 1.807) is 31.4 Å². The number of carbonyl (C=O) groups excluding carboxylic acids is 6. The van der Waals surface area contributed by atoms with Gasteiger partial charge in [0.2, 0.25) is 23.6 Å². The predicted octanol–water partition coefficient (Wildman–Crippen LogP) is 9.49. The number of carbonyl (C=O) groups is 6. The molecule has 6 rings (SSSR count). The first-order valence-corrected chi connectivity index (χ1v) is 27.3. The van der Waals surface area contributed by atoms with Crippen molar-refractivity contribution in [1.29, 1.82) is 10.5 Å². The van der Waals surface area contributed by atoms with Crippen molar-refractivity contribution < 1.29 is 68.3 Å². The molecule has 0 aliphatic carbocycles. The SMILES string of the molecule is CC1CCN(C(=O)[C@@H](NC(=O)C(F)(F)F)C(C)(C)C)C1C(=O)NC(C#N)c1cncc2cc(F)c(F)cc12.CC1CN(C(=O)[C@@H](NC(=O)C(F)(F)F)C(C)(C)C)C(C(=O)NC(C#N)c2cncc3c(P)c(F)ccc23)C1C.CCC.CCC. The van der Waals surface area contributed by atoms with Gasteiger partial charge in [-0.1, -0.05) is 109 Å². The highest BCUT2D eigenvalue weighted by Crippen LogP contribution is 2.35. The van der Waals surface area contributed by atoms with Crippen LogP contribution in [0.1, 0.15) is 132 Å². The highest BCUT2D eigenvalue weighted by atomic mass is 31.0. The third-order valence-corrected chi connectivity index (χ3v) is 14.1. The molecule has 2 aliphatic heterocycles. The molecule has 2 saturated heterocycles. The van der Waals surface area contributed by atoms with Crippen LogP contribution in [-0.4, -0.2) is 105 Å². The van der Waals surface area contributed by atoms with Crippen LogP contribution in [0.5, 0.6) is 0 Å². The normalized spacial score (nSPS) is 19.4. The number of nitrogens with zero attached hydrogens (tertiary/aromatic N) is 6. The zero-order chi connectivity index (χ0) is 63.4. The number of pyridine rings is 2. The van der Waals surface area contributed by atoms with Crippen molar-refractivity contribution in [3.8, 4) is 12.1 Å². The Labute approximate surface area is 479 Å². The fourth-order valence-corrected chi connectivity index (χ4v) is 9.49. The minimum absolute atomic E-state index is 0.0318. The van der Waals surface area contributed by atoms with E-state index < -0.39 is 124 Å². The first kappa shape index (κ1) is 70.1. The molecule has 4 N–H and O–H groups in total. The minimum Gasteiger partial charge on any atom is -0.336 e. The molecule has 6 amide bonds. The summed E-state index contributed by atoms with van der Waals surface area (Å²) in [5.74, 6) is -11.5. The molecular formula is C57H72F9N10O6P. The van der Waals surface area contributed by atoms with Crippen LogP contribution in [0.2, 0.25) is 0 Å². The summed E-state index contributed by atoms with van der Waals surface area (Å²) in [6, 6.07) is 0.336. The second-order valence-corrected chi connectivity index (χ2v) is 23.2. The van der Waals surface area contributed by atoms with Crippen LogP contribution in [-0.2, 0) is 28.8 Å². The summed E-state index contributed by atoms with van der Waals surface area (Å²) in [7, 11) is 2.27. The van der Waals surface area contributed by atoms with E-state index >= 15 is 0 Å². The van der Waals surface area contributed by atoms with E-state index in [0.717, 1.165) is 17.0 Å². The van der Waals surface area contributed by atoms with Crippen LogP contribution in [0, 0.1) is 68.7 Å². The average Bonchev–Trinajstić information content (AvgIpc) is 4.18. The van der Waals surface area contributed by atoms with E-state index in [4.69, 9.17) is 0 Å². The van der Waals surface area contributed by atoms with Gasteiger partial charge in [-0.3, -0.25) is 38.7 Å². The van der Waals surface area contributed by atoms with Crippen molar-refractivity contribution in [3.05, 3.63) is 77.6 Å². The fourth-order valence-electron chi connectivity index (χ4n) is 9.16. The number of nitriles is 2. The van der Waals surface area contributed by atoms with Crippen LogP contribution in [0.25, 0.3) is 21.5 Å². The Kier molecular flexibility index (Phi) is 24.4. The van der Waals surface area contributed by atoms with E-state index in [1.165, 1.54) is 96.2 Å². The summed E-state index contributed by atoms with van der Waals surface area (Å²) in [4.78, 5) is 87.5. The van der Waals surface area contributed by atoms with Crippen LogP contribution < -0.4 is 26.6 Å². The number of benzene rings is 2. The zero-order valence-electron chi connectivity index (χ0n) is 48.5. The van der Waals surface area contributed by atoms with E-state index in [9.17, 15) is 78.8 Å². The van der Waals surface area contributed by atoms with Crippen LogP contribution in [0.4, 0.5) is 39.5 Å². The maximum Gasteiger partial charge on any atom is 0.471 e. The lowest BCUT2D eigenvalue weighted by molar-refractivity contribution is -0.176. The molecule has 454 valence electrons. The van der Waals surface area contributed by atoms with Gasteiger partial charge >= 0.3 is 24.2 Å². The number of likely N-dealkylation sites (tertiary alicyclic amines) is 2. The van der Waals surface area contributed by atoms with Gasteiger partial charge in [0, 0.05) is 65.1 Å². The number of alkyl halides is 6. The van der Waals surface area contributed by atoms with Crippen LogP contribution >= 0.6 is 9.24 Å². The molecule has 83 heavy (non-hydrogen) atoms. The number of amides is 6. The summed E-state index contributed by atoms with van der Waals surface area (Å²) >= 11 is 0. The molecule has 4 heterocycles. The molecular weight excluding hydrogens is 1120 g/mol. The Bertz CT molecular complexity index is 3080. The van der Waals surface area contributed by atoms with Gasteiger partial charge in [-0.05, 0) is 64.0 Å². The van der Waals surface area contributed by atoms with Crippen molar-refractivity contribution in [2.75, 3.05) is 13.1 Å². The molecule has 4 aromatic rings. The van der Waals surface area contributed by atoms with Crippen molar-refractivity contribution in [2.45, 2.75) is 158 Å². The summed E-state index contributed by atoms with van der Waals surface area (Å²) < 4.78 is 119. The smallest absolute Gasteiger partial charge is 0.336 e. The molecule has 2 aromatic carbocycles. The molecule has 2 aromatic heterocycles. The third kappa shape index (κ3) is 17.5. The summed E-state index contributed by atoms with van der Waals surface area (Å²) in [6.07, 6.45) is -2.28. The van der Waals surface area contributed by atoms with Crippen molar-refractivity contribution >= 4 is 71.5 Å². The van der Waals surface area contributed by atoms with Gasteiger partial charge < -0.3 is 31.1 Å². The molecule has 0 saturated carbocycles. The Morgan fingerprint density at radius 3 is 1.51 bits per heavy atom.